The summed E-state index contributed by atoms with van der Waals surface area (Å²) < 4.78 is 6.36. The minimum Gasteiger partial charge on any atom is -0.447 e. The smallest absolute Gasteiger partial charge is 0.407 e. The molecule has 0 aliphatic rings. The number of hydrogen-bond acceptors (Lipinski definition) is 4. The summed E-state index contributed by atoms with van der Waals surface area (Å²) in [6.07, 6.45) is 1.16. The van der Waals surface area contributed by atoms with Crippen molar-refractivity contribution in [2.75, 3.05) is 13.2 Å². The van der Waals surface area contributed by atoms with Gasteiger partial charge in [0, 0.05) is 24.8 Å². The zero-order valence-electron chi connectivity index (χ0n) is 8.86. The molecule has 2 N–H and O–H groups in total. The molecule has 0 spiro atoms. The Bertz CT molecular complexity index is 335. The quantitative estimate of drug-likeness (QED) is 0.735. The summed E-state index contributed by atoms with van der Waals surface area (Å²) in [5.74, 6) is 0. The molecule has 0 radical (unpaired) electrons. The highest BCUT2D eigenvalue weighted by Crippen LogP contribution is 2.04. The summed E-state index contributed by atoms with van der Waals surface area (Å²) in [4.78, 5) is 11.0. The molecule has 6 heteroatoms. The van der Waals surface area contributed by atoms with Crippen molar-refractivity contribution in [1.29, 1.82) is 0 Å². The van der Waals surface area contributed by atoms with Gasteiger partial charge in [-0.3, -0.25) is 4.68 Å². The average molecular weight is 213 g/mol. The molecule has 0 aromatic carbocycles. The number of carbonyl (C=O) groups excluding carboxylic acids is 1. The minimum atomic E-state index is -0.535. The molecule has 84 valence electrons. The minimum absolute atomic E-state index is 0.0118. The number of aryl methyl sites for hydroxylation is 1. The van der Waals surface area contributed by atoms with Crippen LogP contribution in [0.25, 0.3) is 0 Å². The van der Waals surface area contributed by atoms with Crippen molar-refractivity contribution in [2.45, 2.75) is 13.5 Å². The fourth-order valence-corrected chi connectivity index (χ4v) is 1.07. The summed E-state index contributed by atoms with van der Waals surface area (Å²) in [5, 5.41) is 15.0. The topological polar surface area (TPSA) is 76.4 Å². The Kier molecular flexibility index (Phi) is 4.11. The number of ether oxygens (including phenoxy) is 1. The molecule has 0 aliphatic heterocycles. The van der Waals surface area contributed by atoms with Gasteiger partial charge in [-0.25, -0.2) is 4.79 Å². The first kappa shape index (κ1) is 11.5. The van der Waals surface area contributed by atoms with E-state index >= 15 is 0 Å². The summed E-state index contributed by atoms with van der Waals surface area (Å²) in [6, 6.07) is 0. The van der Waals surface area contributed by atoms with Crippen LogP contribution in [0, 0.1) is 6.92 Å². The molecule has 0 atom stereocenters. The van der Waals surface area contributed by atoms with Gasteiger partial charge in [0.05, 0.1) is 12.8 Å². The summed E-state index contributed by atoms with van der Waals surface area (Å²) >= 11 is 0. The number of aliphatic hydroxyl groups excluding tert-OH is 1. The Balaban J connectivity index is 2.37. The fourth-order valence-electron chi connectivity index (χ4n) is 1.07. The van der Waals surface area contributed by atoms with E-state index in [-0.39, 0.29) is 13.2 Å². The predicted octanol–water partition coefficient (Wildman–Crippen LogP) is -0.0530. The van der Waals surface area contributed by atoms with Crippen molar-refractivity contribution in [3.05, 3.63) is 17.5 Å². The second-order valence-electron chi connectivity index (χ2n) is 3.09. The van der Waals surface area contributed by atoms with Crippen LogP contribution in [-0.4, -0.2) is 34.2 Å². The number of carbonyl (C=O) groups is 1. The van der Waals surface area contributed by atoms with E-state index < -0.39 is 6.09 Å². The lowest BCUT2D eigenvalue weighted by molar-refractivity contribution is 0.119. The first-order valence-corrected chi connectivity index (χ1v) is 4.64. The van der Waals surface area contributed by atoms with Crippen molar-refractivity contribution in [1.82, 2.24) is 15.1 Å². The maximum atomic E-state index is 11.0. The SMILES string of the molecule is Cc1c(CNC(=O)OCCO)cnn1C. The van der Waals surface area contributed by atoms with Crippen molar-refractivity contribution in [3.8, 4) is 0 Å². The van der Waals surface area contributed by atoms with Crippen molar-refractivity contribution >= 4 is 6.09 Å². The molecular formula is C9H15N3O3. The molecule has 1 aromatic heterocycles. The Morgan fingerprint density at radius 1 is 1.73 bits per heavy atom. The van der Waals surface area contributed by atoms with E-state index in [2.05, 4.69) is 15.2 Å². The third-order valence-electron chi connectivity index (χ3n) is 2.08. The highest BCUT2D eigenvalue weighted by Gasteiger charge is 2.06. The second-order valence-corrected chi connectivity index (χ2v) is 3.09. The molecule has 1 aromatic rings. The van der Waals surface area contributed by atoms with Crippen LogP contribution in [0.2, 0.25) is 0 Å². The molecule has 0 bridgehead atoms. The Morgan fingerprint density at radius 3 is 3.00 bits per heavy atom. The number of rotatable bonds is 4. The Morgan fingerprint density at radius 2 is 2.47 bits per heavy atom. The van der Waals surface area contributed by atoms with Gasteiger partial charge in [-0.2, -0.15) is 5.10 Å². The molecule has 0 saturated carbocycles. The van der Waals surface area contributed by atoms with Gasteiger partial charge in [0.15, 0.2) is 0 Å². The number of nitrogens with one attached hydrogen (secondary N) is 1. The van der Waals surface area contributed by atoms with E-state index in [4.69, 9.17) is 5.11 Å². The number of alkyl carbamates (subject to hydrolysis) is 1. The number of nitrogens with zero attached hydrogens (tertiary/aromatic N) is 2. The summed E-state index contributed by atoms with van der Waals surface area (Å²) in [7, 11) is 1.84. The molecular weight excluding hydrogens is 198 g/mol. The maximum Gasteiger partial charge on any atom is 0.407 e. The monoisotopic (exact) mass is 213 g/mol. The molecule has 0 fully saturated rings. The maximum absolute atomic E-state index is 11.0. The van der Waals surface area contributed by atoms with Gasteiger partial charge in [-0.05, 0) is 6.92 Å². The normalized spacial score (nSPS) is 10.1. The zero-order chi connectivity index (χ0) is 11.3. The summed E-state index contributed by atoms with van der Waals surface area (Å²) in [6.45, 7) is 2.14. The number of aromatic nitrogens is 2. The van der Waals surface area contributed by atoms with Gasteiger partial charge in [0.25, 0.3) is 0 Å². The van der Waals surface area contributed by atoms with Crippen molar-refractivity contribution in [2.24, 2.45) is 7.05 Å². The Labute approximate surface area is 87.8 Å². The van der Waals surface area contributed by atoms with Crippen LogP contribution in [0.15, 0.2) is 6.20 Å². The molecule has 0 unspecified atom stereocenters. The highest BCUT2D eigenvalue weighted by atomic mass is 16.6. The molecule has 1 amide bonds. The lowest BCUT2D eigenvalue weighted by atomic mass is 10.2. The van der Waals surface area contributed by atoms with Crippen LogP contribution >= 0.6 is 0 Å². The van der Waals surface area contributed by atoms with E-state index in [1.165, 1.54) is 0 Å². The third kappa shape index (κ3) is 3.25. The number of amides is 1. The zero-order valence-corrected chi connectivity index (χ0v) is 8.86. The van der Waals surface area contributed by atoms with Gasteiger partial charge in [-0.1, -0.05) is 0 Å². The van der Waals surface area contributed by atoms with Crippen molar-refractivity contribution < 1.29 is 14.6 Å². The largest absolute Gasteiger partial charge is 0.447 e. The number of hydrogen-bond donors (Lipinski definition) is 2. The van der Waals surface area contributed by atoms with Crippen molar-refractivity contribution in [3.63, 3.8) is 0 Å². The third-order valence-corrected chi connectivity index (χ3v) is 2.08. The van der Waals surface area contributed by atoms with E-state index in [0.29, 0.717) is 6.54 Å². The lowest BCUT2D eigenvalue weighted by Crippen LogP contribution is -2.25. The molecule has 1 heterocycles. The Hall–Kier alpha value is -1.56. The molecule has 6 nitrogen and oxygen atoms in total. The van der Waals surface area contributed by atoms with Gasteiger partial charge in [0.1, 0.15) is 6.61 Å². The lowest BCUT2D eigenvalue weighted by Gasteiger charge is -2.05. The van der Waals surface area contributed by atoms with E-state index in [1.807, 2.05) is 14.0 Å². The van der Waals surface area contributed by atoms with Gasteiger partial charge in [-0.15, -0.1) is 0 Å². The second kappa shape index (κ2) is 5.35. The summed E-state index contributed by atoms with van der Waals surface area (Å²) in [5.41, 5.74) is 1.94. The molecule has 0 aliphatic carbocycles. The van der Waals surface area contributed by atoms with Gasteiger partial charge in [0.2, 0.25) is 0 Å². The van der Waals surface area contributed by atoms with Crippen LogP contribution < -0.4 is 5.32 Å². The van der Waals surface area contributed by atoms with Gasteiger partial charge < -0.3 is 15.2 Å². The molecule has 15 heavy (non-hydrogen) atoms. The fraction of sp³-hybridized carbons (Fsp3) is 0.556. The van der Waals surface area contributed by atoms with E-state index in [1.54, 1.807) is 10.9 Å². The first-order valence-electron chi connectivity index (χ1n) is 4.64. The predicted molar refractivity (Wildman–Crippen MR) is 53.2 cm³/mol. The van der Waals surface area contributed by atoms with Crippen LogP contribution in [0.1, 0.15) is 11.3 Å². The van der Waals surface area contributed by atoms with Crippen LogP contribution in [0.4, 0.5) is 4.79 Å². The molecule has 0 saturated heterocycles. The van der Waals surface area contributed by atoms with Gasteiger partial charge >= 0.3 is 6.09 Å². The number of aliphatic hydroxyl groups is 1. The van der Waals surface area contributed by atoms with E-state index in [0.717, 1.165) is 11.3 Å². The van der Waals surface area contributed by atoms with Crippen LogP contribution in [0.5, 0.6) is 0 Å². The van der Waals surface area contributed by atoms with Crippen LogP contribution in [0.3, 0.4) is 0 Å². The first-order chi connectivity index (χ1) is 7.15. The standard InChI is InChI=1S/C9H15N3O3/c1-7-8(6-11-12(7)2)5-10-9(14)15-4-3-13/h6,13H,3-5H2,1-2H3,(H,10,14). The highest BCUT2D eigenvalue weighted by molar-refractivity contribution is 5.67. The van der Waals surface area contributed by atoms with Crippen LogP contribution in [-0.2, 0) is 18.3 Å². The van der Waals surface area contributed by atoms with E-state index in [9.17, 15) is 4.79 Å². The average Bonchev–Trinajstić information content (AvgIpc) is 2.54. The molecule has 1 rings (SSSR count).